The van der Waals surface area contributed by atoms with Crippen molar-refractivity contribution >= 4 is 5.91 Å². The summed E-state index contributed by atoms with van der Waals surface area (Å²) in [6.45, 7) is 3.62. The molecular formula is C18H23N3O. The fraction of sp³-hybridized carbons (Fsp3) is 0.389. The topological polar surface area (TPSA) is 46.1 Å². The molecular weight excluding hydrogens is 274 g/mol. The summed E-state index contributed by atoms with van der Waals surface area (Å²) in [7, 11) is 0. The average molecular weight is 297 g/mol. The molecule has 0 aliphatic carbocycles. The number of unbranched alkanes of at least 4 members (excludes halogenated alkanes) is 1. The van der Waals surface area contributed by atoms with Crippen LogP contribution >= 0.6 is 0 Å². The van der Waals surface area contributed by atoms with Gasteiger partial charge in [0.15, 0.2) is 0 Å². The van der Waals surface area contributed by atoms with E-state index in [0.717, 1.165) is 36.9 Å². The molecule has 0 saturated heterocycles. The molecule has 0 fully saturated rings. The van der Waals surface area contributed by atoms with Gasteiger partial charge in [0, 0.05) is 44.3 Å². The minimum absolute atomic E-state index is 0.210. The number of amides is 1. The van der Waals surface area contributed by atoms with Gasteiger partial charge in [0.25, 0.3) is 0 Å². The lowest BCUT2D eigenvalue weighted by Gasteiger charge is -2.22. The van der Waals surface area contributed by atoms with Gasteiger partial charge in [0.05, 0.1) is 0 Å². The van der Waals surface area contributed by atoms with Gasteiger partial charge in [-0.05, 0) is 48.2 Å². The average Bonchev–Trinajstić information content (AvgIpc) is 2.58. The third-order valence-corrected chi connectivity index (χ3v) is 3.63. The molecule has 4 nitrogen and oxygen atoms in total. The SMILES string of the molecule is CCCCN(Cc1ccncc1)C(=O)CCc1ccncc1. The van der Waals surface area contributed by atoms with Gasteiger partial charge in [0.1, 0.15) is 0 Å². The molecule has 0 unspecified atom stereocenters. The van der Waals surface area contributed by atoms with Crippen LogP contribution in [0.4, 0.5) is 0 Å². The highest BCUT2D eigenvalue weighted by molar-refractivity contribution is 5.76. The van der Waals surface area contributed by atoms with Crippen molar-refractivity contribution in [3.63, 3.8) is 0 Å². The Morgan fingerprint density at radius 1 is 1.00 bits per heavy atom. The largest absolute Gasteiger partial charge is 0.338 e. The smallest absolute Gasteiger partial charge is 0.223 e. The Balaban J connectivity index is 1.93. The maximum Gasteiger partial charge on any atom is 0.223 e. The zero-order valence-electron chi connectivity index (χ0n) is 13.1. The summed E-state index contributed by atoms with van der Waals surface area (Å²) in [6.07, 6.45) is 10.5. The van der Waals surface area contributed by atoms with Gasteiger partial charge >= 0.3 is 0 Å². The van der Waals surface area contributed by atoms with Crippen LogP contribution in [0.2, 0.25) is 0 Å². The number of rotatable bonds is 8. The third kappa shape index (κ3) is 5.28. The van der Waals surface area contributed by atoms with Crippen LogP contribution in [0, 0.1) is 0 Å². The van der Waals surface area contributed by atoms with Crippen LogP contribution in [-0.4, -0.2) is 27.3 Å². The van der Waals surface area contributed by atoms with Gasteiger partial charge in [-0.25, -0.2) is 0 Å². The molecule has 2 rings (SSSR count). The molecule has 0 spiro atoms. The maximum atomic E-state index is 12.5. The molecule has 0 atom stereocenters. The molecule has 4 heteroatoms. The normalized spacial score (nSPS) is 10.4. The lowest BCUT2D eigenvalue weighted by atomic mass is 10.1. The zero-order chi connectivity index (χ0) is 15.6. The lowest BCUT2D eigenvalue weighted by molar-refractivity contribution is -0.131. The maximum absolute atomic E-state index is 12.5. The predicted octanol–water partition coefficient (Wildman–Crippen LogP) is 3.24. The molecule has 0 aromatic carbocycles. The van der Waals surface area contributed by atoms with Crippen molar-refractivity contribution in [3.8, 4) is 0 Å². The van der Waals surface area contributed by atoms with Gasteiger partial charge < -0.3 is 4.90 Å². The number of pyridine rings is 2. The van der Waals surface area contributed by atoms with E-state index in [4.69, 9.17) is 0 Å². The van der Waals surface area contributed by atoms with Crippen molar-refractivity contribution in [2.45, 2.75) is 39.2 Å². The predicted molar refractivity (Wildman–Crippen MR) is 87.1 cm³/mol. The molecule has 2 heterocycles. The van der Waals surface area contributed by atoms with E-state index in [1.54, 1.807) is 24.8 Å². The number of aryl methyl sites for hydroxylation is 1. The van der Waals surface area contributed by atoms with E-state index in [1.807, 2.05) is 29.2 Å². The summed E-state index contributed by atoms with van der Waals surface area (Å²) in [5.74, 6) is 0.210. The van der Waals surface area contributed by atoms with Crippen molar-refractivity contribution in [3.05, 3.63) is 60.2 Å². The second-order valence-corrected chi connectivity index (χ2v) is 5.38. The van der Waals surface area contributed by atoms with Crippen LogP contribution in [0.5, 0.6) is 0 Å². The van der Waals surface area contributed by atoms with E-state index >= 15 is 0 Å². The summed E-state index contributed by atoms with van der Waals surface area (Å²) in [6, 6.07) is 7.86. The quantitative estimate of drug-likeness (QED) is 0.751. The molecule has 0 saturated carbocycles. The fourth-order valence-electron chi connectivity index (χ4n) is 2.31. The number of carbonyl (C=O) groups is 1. The number of hydrogen-bond acceptors (Lipinski definition) is 3. The van der Waals surface area contributed by atoms with Gasteiger partial charge in [0.2, 0.25) is 5.91 Å². The first-order chi connectivity index (χ1) is 10.8. The molecule has 0 aliphatic rings. The molecule has 2 aromatic rings. The summed E-state index contributed by atoms with van der Waals surface area (Å²) < 4.78 is 0. The summed E-state index contributed by atoms with van der Waals surface area (Å²) >= 11 is 0. The fourth-order valence-corrected chi connectivity index (χ4v) is 2.31. The van der Waals surface area contributed by atoms with Gasteiger partial charge in [-0.15, -0.1) is 0 Å². The molecule has 2 aromatic heterocycles. The van der Waals surface area contributed by atoms with Gasteiger partial charge in [-0.1, -0.05) is 13.3 Å². The van der Waals surface area contributed by atoms with E-state index in [1.165, 1.54) is 0 Å². The lowest BCUT2D eigenvalue weighted by Crippen LogP contribution is -2.31. The third-order valence-electron chi connectivity index (χ3n) is 3.63. The molecule has 116 valence electrons. The standard InChI is InChI=1S/C18H23N3O/c1-2-3-14-21(15-17-8-12-20-13-9-17)18(22)5-4-16-6-10-19-11-7-16/h6-13H,2-5,14-15H2,1H3. The Bertz CT molecular complexity index is 557. The van der Waals surface area contributed by atoms with E-state index in [9.17, 15) is 4.79 Å². The van der Waals surface area contributed by atoms with Crippen molar-refractivity contribution in [2.75, 3.05) is 6.54 Å². The van der Waals surface area contributed by atoms with E-state index in [2.05, 4.69) is 16.9 Å². The Morgan fingerprint density at radius 3 is 2.18 bits per heavy atom. The summed E-state index contributed by atoms with van der Waals surface area (Å²) in [5, 5.41) is 0. The van der Waals surface area contributed by atoms with Crippen molar-refractivity contribution in [1.82, 2.24) is 14.9 Å². The van der Waals surface area contributed by atoms with E-state index < -0.39 is 0 Å². The first kappa shape index (κ1) is 16.1. The van der Waals surface area contributed by atoms with Gasteiger partial charge in [-0.2, -0.15) is 0 Å². The molecule has 0 bridgehead atoms. The van der Waals surface area contributed by atoms with Crippen LogP contribution in [0.3, 0.4) is 0 Å². The van der Waals surface area contributed by atoms with Crippen LogP contribution in [0.25, 0.3) is 0 Å². The second-order valence-electron chi connectivity index (χ2n) is 5.38. The van der Waals surface area contributed by atoms with Crippen LogP contribution < -0.4 is 0 Å². The molecule has 0 N–H and O–H groups in total. The van der Waals surface area contributed by atoms with Crippen molar-refractivity contribution in [1.29, 1.82) is 0 Å². The second kappa shape index (κ2) is 8.93. The highest BCUT2D eigenvalue weighted by atomic mass is 16.2. The van der Waals surface area contributed by atoms with Crippen LogP contribution in [0.1, 0.15) is 37.3 Å². The Hall–Kier alpha value is -2.23. The summed E-state index contributed by atoms with van der Waals surface area (Å²) in [5.41, 5.74) is 2.28. The molecule has 0 aliphatic heterocycles. The van der Waals surface area contributed by atoms with E-state index in [-0.39, 0.29) is 5.91 Å². The van der Waals surface area contributed by atoms with Crippen LogP contribution in [-0.2, 0) is 17.8 Å². The van der Waals surface area contributed by atoms with Crippen molar-refractivity contribution < 1.29 is 4.79 Å². The van der Waals surface area contributed by atoms with Crippen molar-refractivity contribution in [2.24, 2.45) is 0 Å². The van der Waals surface area contributed by atoms with Gasteiger partial charge in [-0.3, -0.25) is 14.8 Å². The molecule has 0 radical (unpaired) electrons. The zero-order valence-corrected chi connectivity index (χ0v) is 13.1. The molecule has 1 amide bonds. The monoisotopic (exact) mass is 297 g/mol. The highest BCUT2D eigenvalue weighted by Gasteiger charge is 2.13. The Labute approximate surface area is 132 Å². The minimum Gasteiger partial charge on any atom is -0.338 e. The van der Waals surface area contributed by atoms with Crippen LogP contribution in [0.15, 0.2) is 49.1 Å². The number of carbonyl (C=O) groups excluding carboxylic acids is 1. The highest BCUT2D eigenvalue weighted by Crippen LogP contribution is 2.09. The Morgan fingerprint density at radius 2 is 1.59 bits per heavy atom. The number of nitrogens with zero attached hydrogens (tertiary/aromatic N) is 3. The first-order valence-corrected chi connectivity index (χ1v) is 7.85. The molecule has 22 heavy (non-hydrogen) atoms. The minimum atomic E-state index is 0.210. The first-order valence-electron chi connectivity index (χ1n) is 7.85. The number of hydrogen-bond donors (Lipinski definition) is 0. The van der Waals surface area contributed by atoms with E-state index in [0.29, 0.717) is 13.0 Å². The Kier molecular flexibility index (Phi) is 6.55. The summed E-state index contributed by atoms with van der Waals surface area (Å²) in [4.78, 5) is 22.5. The number of aromatic nitrogens is 2.